The van der Waals surface area contributed by atoms with E-state index in [1.165, 1.54) is 0 Å². The van der Waals surface area contributed by atoms with Crippen LogP contribution in [-0.4, -0.2) is 20.1 Å². The number of hydrogen-bond donors (Lipinski definition) is 0. The first-order chi connectivity index (χ1) is 10.1. The van der Waals surface area contributed by atoms with Crippen molar-refractivity contribution in [2.45, 2.75) is 6.92 Å². The van der Waals surface area contributed by atoms with Crippen molar-refractivity contribution < 1.29 is 9.53 Å². The SMILES string of the molecule is COc1cc(C(=O)N(C)c2ccc(C#N)cc2)ccc1C. The number of nitrogens with zero attached hydrogens (tertiary/aromatic N) is 2. The molecule has 2 aromatic rings. The van der Waals surface area contributed by atoms with Crippen LogP contribution in [0.3, 0.4) is 0 Å². The lowest BCUT2D eigenvalue weighted by Crippen LogP contribution is -2.26. The molecule has 0 bridgehead atoms. The summed E-state index contributed by atoms with van der Waals surface area (Å²) in [7, 11) is 3.29. The first-order valence-electron chi connectivity index (χ1n) is 6.49. The Morgan fingerprint density at radius 1 is 1.19 bits per heavy atom. The molecule has 4 nitrogen and oxygen atoms in total. The molecule has 0 aliphatic rings. The number of anilines is 1. The first kappa shape index (κ1) is 14.6. The maximum absolute atomic E-state index is 12.5. The lowest BCUT2D eigenvalue weighted by molar-refractivity contribution is 0.0992. The molecule has 0 heterocycles. The zero-order valence-corrected chi connectivity index (χ0v) is 12.3. The number of carbonyl (C=O) groups is 1. The predicted molar refractivity (Wildman–Crippen MR) is 81.6 cm³/mol. The molecule has 0 unspecified atom stereocenters. The van der Waals surface area contributed by atoms with Crippen molar-refractivity contribution >= 4 is 11.6 Å². The summed E-state index contributed by atoms with van der Waals surface area (Å²) >= 11 is 0. The average Bonchev–Trinajstić information content (AvgIpc) is 2.54. The van der Waals surface area contributed by atoms with Gasteiger partial charge in [0.05, 0.1) is 18.7 Å². The number of amides is 1. The number of ether oxygens (including phenoxy) is 1. The highest BCUT2D eigenvalue weighted by atomic mass is 16.5. The molecule has 2 aromatic carbocycles. The van der Waals surface area contributed by atoms with Crippen LogP contribution in [0.15, 0.2) is 42.5 Å². The second-order valence-electron chi connectivity index (χ2n) is 4.71. The van der Waals surface area contributed by atoms with E-state index < -0.39 is 0 Å². The molecular weight excluding hydrogens is 264 g/mol. The van der Waals surface area contributed by atoms with Crippen LogP contribution >= 0.6 is 0 Å². The summed E-state index contributed by atoms with van der Waals surface area (Å²) < 4.78 is 5.24. The summed E-state index contributed by atoms with van der Waals surface area (Å²) in [5, 5.41) is 8.79. The van der Waals surface area contributed by atoms with Crippen molar-refractivity contribution in [3.05, 3.63) is 59.2 Å². The highest BCUT2D eigenvalue weighted by molar-refractivity contribution is 6.06. The lowest BCUT2D eigenvalue weighted by Gasteiger charge is -2.18. The van der Waals surface area contributed by atoms with Gasteiger partial charge in [-0.05, 0) is 48.9 Å². The van der Waals surface area contributed by atoms with Gasteiger partial charge >= 0.3 is 0 Å². The van der Waals surface area contributed by atoms with Crippen molar-refractivity contribution in [2.24, 2.45) is 0 Å². The van der Waals surface area contributed by atoms with Gasteiger partial charge in [-0.3, -0.25) is 4.79 Å². The summed E-state index contributed by atoms with van der Waals surface area (Å²) in [5.74, 6) is 0.562. The Morgan fingerprint density at radius 3 is 2.43 bits per heavy atom. The summed E-state index contributed by atoms with van der Waals surface area (Å²) in [5.41, 5.74) is 2.84. The van der Waals surface area contributed by atoms with Gasteiger partial charge in [0.2, 0.25) is 0 Å². The van der Waals surface area contributed by atoms with Crippen LogP contribution in [0.1, 0.15) is 21.5 Å². The smallest absolute Gasteiger partial charge is 0.258 e. The van der Waals surface area contributed by atoms with E-state index in [0.717, 1.165) is 11.3 Å². The molecule has 106 valence electrons. The Kier molecular flexibility index (Phi) is 4.24. The fourth-order valence-corrected chi connectivity index (χ4v) is 2.02. The first-order valence-corrected chi connectivity index (χ1v) is 6.49. The Hall–Kier alpha value is -2.80. The number of hydrogen-bond acceptors (Lipinski definition) is 3. The van der Waals surface area contributed by atoms with Crippen LogP contribution in [0.4, 0.5) is 5.69 Å². The third kappa shape index (κ3) is 3.03. The number of aryl methyl sites for hydroxylation is 1. The van der Waals surface area contributed by atoms with E-state index in [4.69, 9.17) is 10.00 Å². The fourth-order valence-electron chi connectivity index (χ4n) is 2.02. The Bertz CT molecular complexity index is 700. The topological polar surface area (TPSA) is 53.3 Å². The van der Waals surface area contributed by atoms with Gasteiger partial charge in [-0.25, -0.2) is 0 Å². The van der Waals surface area contributed by atoms with Crippen molar-refractivity contribution in [1.29, 1.82) is 5.26 Å². The highest BCUT2D eigenvalue weighted by Crippen LogP contribution is 2.22. The number of methoxy groups -OCH3 is 1. The molecule has 0 N–H and O–H groups in total. The molecule has 0 saturated carbocycles. The molecule has 2 rings (SSSR count). The molecule has 21 heavy (non-hydrogen) atoms. The molecule has 1 amide bonds. The summed E-state index contributed by atoms with van der Waals surface area (Å²) in [4.78, 5) is 14.0. The van der Waals surface area contributed by atoms with Gasteiger partial charge in [0.1, 0.15) is 5.75 Å². The average molecular weight is 280 g/mol. The predicted octanol–water partition coefficient (Wildman–Crippen LogP) is 3.15. The maximum Gasteiger partial charge on any atom is 0.258 e. The zero-order chi connectivity index (χ0) is 15.4. The van der Waals surface area contributed by atoms with Gasteiger partial charge in [-0.2, -0.15) is 5.26 Å². The zero-order valence-electron chi connectivity index (χ0n) is 12.3. The number of rotatable bonds is 3. The molecule has 0 saturated heterocycles. The van der Waals surface area contributed by atoms with Gasteiger partial charge in [-0.15, -0.1) is 0 Å². The van der Waals surface area contributed by atoms with Crippen LogP contribution < -0.4 is 9.64 Å². The summed E-state index contributed by atoms with van der Waals surface area (Å²) in [6, 6.07) is 14.3. The minimum absolute atomic E-state index is 0.127. The Balaban J connectivity index is 2.28. The van der Waals surface area contributed by atoms with Crippen molar-refractivity contribution in [3.8, 4) is 11.8 Å². The fraction of sp³-hybridized carbons (Fsp3) is 0.176. The van der Waals surface area contributed by atoms with E-state index in [0.29, 0.717) is 16.9 Å². The van der Waals surface area contributed by atoms with Gasteiger partial charge in [0.15, 0.2) is 0 Å². The summed E-state index contributed by atoms with van der Waals surface area (Å²) in [6.45, 7) is 1.93. The Labute approximate surface area is 124 Å². The maximum atomic E-state index is 12.5. The minimum Gasteiger partial charge on any atom is -0.496 e. The van der Waals surface area contributed by atoms with Crippen LogP contribution in [0.2, 0.25) is 0 Å². The molecule has 0 radical (unpaired) electrons. The van der Waals surface area contributed by atoms with E-state index in [-0.39, 0.29) is 5.91 Å². The largest absolute Gasteiger partial charge is 0.496 e. The van der Waals surface area contributed by atoms with E-state index in [1.54, 1.807) is 55.5 Å². The second-order valence-corrected chi connectivity index (χ2v) is 4.71. The standard InChI is InChI=1S/C17H16N2O2/c1-12-4-7-14(10-16(12)21-3)17(20)19(2)15-8-5-13(11-18)6-9-15/h4-10H,1-3H3. The number of nitriles is 1. The molecule has 0 spiro atoms. The molecule has 0 aliphatic heterocycles. The van der Waals surface area contributed by atoms with E-state index in [1.807, 2.05) is 13.0 Å². The van der Waals surface area contributed by atoms with Crippen molar-refractivity contribution in [1.82, 2.24) is 0 Å². The molecule has 4 heteroatoms. The number of carbonyl (C=O) groups excluding carboxylic acids is 1. The van der Waals surface area contributed by atoms with Crippen LogP contribution in [0.25, 0.3) is 0 Å². The van der Waals surface area contributed by atoms with Gasteiger partial charge in [0.25, 0.3) is 5.91 Å². The van der Waals surface area contributed by atoms with Crippen molar-refractivity contribution in [3.63, 3.8) is 0 Å². The van der Waals surface area contributed by atoms with Crippen molar-refractivity contribution in [2.75, 3.05) is 19.1 Å². The van der Waals surface area contributed by atoms with Crippen LogP contribution in [-0.2, 0) is 0 Å². The summed E-state index contributed by atoms with van der Waals surface area (Å²) in [6.07, 6.45) is 0. The van der Waals surface area contributed by atoms with Gasteiger partial charge < -0.3 is 9.64 Å². The van der Waals surface area contributed by atoms with E-state index in [2.05, 4.69) is 6.07 Å². The normalized spacial score (nSPS) is 9.81. The van der Waals surface area contributed by atoms with E-state index >= 15 is 0 Å². The highest BCUT2D eigenvalue weighted by Gasteiger charge is 2.15. The third-order valence-corrected chi connectivity index (χ3v) is 3.34. The molecule has 0 aliphatic carbocycles. The minimum atomic E-state index is -0.127. The quantitative estimate of drug-likeness (QED) is 0.867. The molecule has 0 fully saturated rings. The Morgan fingerprint density at radius 2 is 1.86 bits per heavy atom. The lowest BCUT2D eigenvalue weighted by atomic mass is 10.1. The molecular formula is C17H16N2O2. The van der Waals surface area contributed by atoms with Crippen LogP contribution in [0, 0.1) is 18.3 Å². The third-order valence-electron chi connectivity index (χ3n) is 3.34. The van der Waals surface area contributed by atoms with Gasteiger partial charge in [0, 0.05) is 18.3 Å². The monoisotopic (exact) mass is 280 g/mol. The molecule has 0 aromatic heterocycles. The number of benzene rings is 2. The van der Waals surface area contributed by atoms with Crippen LogP contribution in [0.5, 0.6) is 5.75 Å². The molecule has 0 atom stereocenters. The second kappa shape index (κ2) is 6.10. The van der Waals surface area contributed by atoms with E-state index in [9.17, 15) is 4.79 Å². The van der Waals surface area contributed by atoms with Gasteiger partial charge in [-0.1, -0.05) is 6.07 Å².